The maximum absolute atomic E-state index is 14.8. The van der Waals surface area contributed by atoms with Gasteiger partial charge in [0.15, 0.2) is 12.0 Å². The Morgan fingerprint density at radius 3 is 2.70 bits per heavy atom. The van der Waals surface area contributed by atoms with Crippen molar-refractivity contribution in [3.63, 3.8) is 0 Å². The van der Waals surface area contributed by atoms with Gasteiger partial charge in [-0.2, -0.15) is 10.4 Å². The number of aliphatic imine (C=N–C) groups is 1. The second-order valence-electron chi connectivity index (χ2n) is 8.17. The van der Waals surface area contributed by atoms with Crippen molar-refractivity contribution >= 4 is 28.7 Å². The summed E-state index contributed by atoms with van der Waals surface area (Å²) in [6, 6.07) is 14.1. The largest absolute Gasteiger partial charge is 0.459 e. The molecule has 1 amide bonds. The third kappa shape index (κ3) is 5.34. The maximum atomic E-state index is 14.8. The first kappa shape index (κ1) is 25.9. The molecule has 1 aromatic heterocycles. The average molecular weight is 523 g/mol. The van der Waals surface area contributed by atoms with E-state index in [1.165, 1.54) is 23.0 Å². The van der Waals surface area contributed by atoms with E-state index in [0.29, 0.717) is 30.9 Å². The van der Waals surface area contributed by atoms with E-state index in [1.807, 2.05) is 36.5 Å². The van der Waals surface area contributed by atoms with Crippen molar-refractivity contribution < 1.29 is 18.0 Å². The van der Waals surface area contributed by atoms with Crippen LogP contribution in [-0.4, -0.2) is 35.5 Å². The molecular weight excluding hydrogens is 498 g/mol. The Bertz CT molecular complexity index is 1390. The van der Waals surface area contributed by atoms with Crippen molar-refractivity contribution in [2.75, 3.05) is 13.6 Å². The van der Waals surface area contributed by atoms with Crippen molar-refractivity contribution in [3.8, 4) is 6.19 Å². The van der Waals surface area contributed by atoms with Gasteiger partial charge >= 0.3 is 5.91 Å². The molecule has 0 radical (unpaired) electrons. The first-order chi connectivity index (χ1) is 17.9. The molecule has 1 aliphatic rings. The number of aryl methyl sites for hydroxylation is 1. The number of nitrogens with one attached hydrogen (secondary N) is 2. The summed E-state index contributed by atoms with van der Waals surface area (Å²) in [7, 11) is 1.55. The minimum absolute atomic E-state index is 0.0338. The van der Waals surface area contributed by atoms with Gasteiger partial charge in [0.2, 0.25) is 5.96 Å². The number of carbonyl (C=O) groups excluding carboxylic acids is 1. The fourth-order valence-corrected chi connectivity index (χ4v) is 5.43. The lowest BCUT2D eigenvalue weighted by Gasteiger charge is -2.35. The van der Waals surface area contributed by atoms with Gasteiger partial charge in [0.05, 0.1) is 6.26 Å². The number of nitrogens with zero attached hydrogens (tertiary/aromatic N) is 4. The fourth-order valence-electron chi connectivity index (χ4n) is 4.01. The number of thioether (sulfide) groups is 1. The zero-order chi connectivity index (χ0) is 26.4. The molecule has 4 rings (SSSR count). The van der Waals surface area contributed by atoms with Crippen LogP contribution in [0.2, 0.25) is 0 Å². The van der Waals surface area contributed by atoms with Gasteiger partial charge in [0.25, 0.3) is 0 Å². The lowest BCUT2D eigenvalue weighted by atomic mass is 9.99. The van der Waals surface area contributed by atoms with Gasteiger partial charge in [0, 0.05) is 24.7 Å². The molecule has 1 aliphatic heterocycles. The molecule has 1 unspecified atom stereocenters. The number of benzene rings is 2. The summed E-state index contributed by atoms with van der Waals surface area (Å²) in [6.45, 7) is 2.17. The Morgan fingerprint density at radius 1 is 1.24 bits per heavy atom. The van der Waals surface area contributed by atoms with E-state index in [4.69, 9.17) is 9.68 Å². The van der Waals surface area contributed by atoms with Crippen molar-refractivity contribution in [2.24, 2.45) is 10.1 Å². The smallest absolute Gasteiger partial charge is 0.311 e. The van der Waals surface area contributed by atoms with Gasteiger partial charge in [0.1, 0.15) is 21.5 Å². The molecule has 2 heterocycles. The zero-order valence-electron chi connectivity index (χ0n) is 20.2. The summed E-state index contributed by atoms with van der Waals surface area (Å²) in [5, 5.41) is 20.4. The SMILES string of the molecule is CN=C(NC#N)NCCCC1(c2ccccc2)SC(c2cc(F)ccc2F)=NN1C(=O)c1occc1C. The van der Waals surface area contributed by atoms with Crippen molar-refractivity contribution in [2.45, 2.75) is 24.6 Å². The van der Waals surface area contributed by atoms with Crippen LogP contribution in [0.1, 0.15) is 40.1 Å². The maximum Gasteiger partial charge on any atom is 0.311 e. The molecule has 0 fully saturated rings. The summed E-state index contributed by atoms with van der Waals surface area (Å²) in [5.41, 5.74) is 1.35. The quantitative estimate of drug-likeness (QED) is 0.153. The molecule has 0 spiro atoms. The average Bonchev–Trinajstić information content (AvgIpc) is 3.52. The first-order valence-electron chi connectivity index (χ1n) is 11.4. The van der Waals surface area contributed by atoms with E-state index in [9.17, 15) is 13.6 Å². The zero-order valence-corrected chi connectivity index (χ0v) is 21.0. The number of furan rings is 1. The summed E-state index contributed by atoms with van der Waals surface area (Å²) in [6.07, 6.45) is 4.14. The van der Waals surface area contributed by atoms with Crippen LogP contribution < -0.4 is 10.6 Å². The number of hydrogen-bond acceptors (Lipinski definition) is 6. The molecule has 8 nitrogen and oxygen atoms in total. The molecule has 190 valence electrons. The molecule has 0 aliphatic carbocycles. The molecule has 2 aromatic carbocycles. The number of hydrazone groups is 1. The van der Waals surface area contributed by atoms with Crippen LogP contribution in [0.15, 0.2) is 75.4 Å². The van der Waals surface area contributed by atoms with E-state index < -0.39 is 22.4 Å². The fraction of sp³-hybridized carbons (Fsp3) is 0.231. The summed E-state index contributed by atoms with van der Waals surface area (Å²) >= 11 is 1.18. The lowest BCUT2D eigenvalue weighted by molar-refractivity contribution is 0.0603. The number of halogens is 2. The predicted octanol–water partition coefficient (Wildman–Crippen LogP) is 4.70. The molecule has 0 saturated heterocycles. The van der Waals surface area contributed by atoms with Gasteiger partial charge in [-0.3, -0.25) is 15.1 Å². The Morgan fingerprint density at radius 2 is 2.03 bits per heavy atom. The van der Waals surface area contributed by atoms with Crippen LogP contribution in [0.4, 0.5) is 8.78 Å². The highest BCUT2D eigenvalue weighted by Crippen LogP contribution is 2.51. The Balaban J connectivity index is 1.76. The third-order valence-corrected chi connectivity index (χ3v) is 7.26. The van der Waals surface area contributed by atoms with Crippen LogP contribution in [0.3, 0.4) is 0 Å². The van der Waals surface area contributed by atoms with E-state index in [-0.39, 0.29) is 16.4 Å². The first-order valence-corrected chi connectivity index (χ1v) is 12.2. The minimum Gasteiger partial charge on any atom is -0.459 e. The number of nitriles is 1. The van der Waals surface area contributed by atoms with E-state index >= 15 is 0 Å². The normalized spacial score (nSPS) is 17.3. The third-order valence-electron chi connectivity index (χ3n) is 5.81. The number of rotatable bonds is 7. The number of guanidine groups is 1. The Hall–Kier alpha value is -4.17. The predicted molar refractivity (Wildman–Crippen MR) is 138 cm³/mol. The second kappa shape index (κ2) is 11.3. The second-order valence-corrected chi connectivity index (χ2v) is 9.44. The van der Waals surface area contributed by atoms with Crippen LogP contribution in [-0.2, 0) is 4.87 Å². The Kier molecular flexibility index (Phi) is 7.89. The van der Waals surface area contributed by atoms with Crippen LogP contribution in [0.5, 0.6) is 0 Å². The monoisotopic (exact) mass is 522 g/mol. The molecule has 2 N–H and O–H groups in total. The van der Waals surface area contributed by atoms with Gasteiger partial charge in [-0.15, -0.1) is 0 Å². The molecular formula is C26H24F2N6O2S. The van der Waals surface area contributed by atoms with Crippen molar-refractivity contribution in [1.29, 1.82) is 5.26 Å². The standard InChI is InChI=1S/C26H24F2N6O2S/c1-17-11-14-36-22(17)24(35)34-26(18-7-4-3-5-8-18,12-6-13-31-25(30-2)32-16-29)37-23(33-34)20-15-19(27)9-10-21(20)28/h3-5,7-11,14-15H,6,12-13H2,1-2H3,(H2,30,31,32). The van der Waals surface area contributed by atoms with Gasteiger partial charge in [-0.1, -0.05) is 42.1 Å². The van der Waals surface area contributed by atoms with Crippen molar-refractivity contribution in [1.82, 2.24) is 15.6 Å². The van der Waals surface area contributed by atoms with Crippen LogP contribution in [0.25, 0.3) is 0 Å². The Labute approximate surface area is 217 Å². The van der Waals surface area contributed by atoms with E-state index in [2.05, 4.69) is 20.7 Å². The molecule has 0 saturated carbocycles. The number of hydrogen-bond donors (Lipinski definition) is 2. The van der Waals surface area contributed by atoms with E-state index in [0.717, 1.165) is 23.8 Å². The molecule has 3 aromatic rings. The highest BCUT2D eigenvalue weighted by Gasteiger charge is 2.49. The minimum atomic E-state index is -1.08. The number of amides is 1. The van der Waals surface area contributed by atoms with Gasteiger partial charge < -0.3 is 9.73 Å². The van der Waals surface area contributed by atoms with Crippen LogP contribution in [0, 0.1) is 30.0 Å². The molecule has 37 heavy (non-hydrogen) atoms. The van der Waals surface area contributed by atoms with Gasteiger partial charge in [-0.05, 0) is 49.6 Å². The molecule has 0 bridgehead atoms. The number of carbonyl (C=O) groups is 1. The van der Waals surface area contributed by atoms with Crippen LogP contribution >= 0.6 is 11.8 Å². The van der Waals surface area contributed by atoms with Gasteiger partial charge in [-0.25, -0.2) is 13.8 Å². The summed E-state index contributed by atoms with van der Waals surface area (Å²) in [4.78, 5) is 16.7. The molecule has 1 atom stereocenters. The highest BCUT2D eigenvalue weighted by molar-refractivity contribution is 8.15. The molecule has 11 heteroatoms. The summed E-state index contributed by atoms with van der Waals surface area (Å²) < 4.78 is 34.4. The highest BCUT2D eigenvalue weighted by atomic mass is 32.2. The topological polar surface area (TPSA) is 106 Å². The van der Waals surface area contributed by atoms with Crippen molar-refractivity contribution in [3.05, 3.63) is 94.9 Å². The van der Waals surface area contributed by atoms with E-state index in [1.54, 1.807) is 20.0 Å². The lowest BCUT2D eigenvalue weighted by Crippen LogP contribution is -2.42. The summed E-state index contributed by atoms with van der Waals surface area (Å²) in [5.74, 6) is -1.33.